The Kier molecular flexibility index (Phi) is 2.29. The Morgan fingerprint density at radius 3 is 2.30 bits per heavy atom. The highest BCUT2D eigenvalue weighted by atomic mass is 16.3. The molecule has 0 aliphatic heterocycles. The summed E-state index contributed by atoms with van der Waals surface area (Å²) in [7, 11) is 0. The van der Waals surface area contributed by atoms with Crippen LogP contribution in [-0.2, 0) is 6.42 Å². The highest BCUT2D eigenvalue weighted by molar-refractivity contribution is 5.24. The molecule has 1 aromatic carbocycles. The molecule has 0 saturated heterocycles. The van der Waals surface area contributed by atoms with Crippen molar-refractivity contribution in [2.75, 3.05) is 6.54 Å². The Hall–Kier alpha value is -1.02. The maximum absolute atomic E-state index is 10.6. The summed E-state index contributed by atoms with van der Waals surface area (Å²) in [6.45, 7) is 0.637. The second-order valence-electron chi connectivity index (χ2n) is 2.18. The van der Waals surface area contributed by atoms with E-state index in [0.717, 1.165) is 12.0 Å². The van der Waals surface area contributed by atoms with E-state index in [9.17, 15) is 5.11 Å². The molecule has 2 heteroatoms. The Morgan fingerprint density at radius 2 is 1.80 bits per heavy atom. The third-order valence-corrected chi connectivity index (χ3v) is 1.36. The van der Waals surface area contributed by atoms with Gasteiger partial charge in [0, 0.05) is 0 Å². The van der Waals surface area contributed by atoms with E-state index >= 15 is 0 Å². The standard InChI is InChI=1S/C8H11NO/c9-6-5-7-1-3-8(10)4-2-7/h1-4,10H,5-6,9H2/p-1. The number of rotatable bonds is 2. The van der Waals surface area contributed by atoms with Gasteiger partial charge in [-0.15, -0.1) is 5.75 Å². The molecule has 10 heavy (non-hydrogen) atoms. The van der Waals surface area contributed by atoms with Crippen LogP contribution in [0.2, 0.25) is 0 Å². The lowest BCUT2D eigenvalue weighted by Gasteiger charge is -2.04. The summed E-state index contributed by atoms with van der Waals surface area (Å²) in [5.41, 5.74) is 6.45. The molecule has 0 aromatic heterocycles. The van der Waals surface area contributed by atoms with Crippen LogP contribution in [0.5, 0.6) is 5.75 Å². The molecule has 2 nitrogen and oxygen atoms in total. The minimum Gasteiger partial charge on any atom is -0.872 e. The van der Waals surface area contributed by atoms with Crippen LogP contribution in [0.3, 0.4) is 0 Å². The van der Waals surface area contributed by atoms with Gasteiger partial charge < -0.3 is 10.8 Å². The molecule has 0 bridgehead atoms. The van der Waals surface area contributed by atoms with Crippen molar-refractivity contribution in [1.82, 2.24) is 0 Å². The highest BCUT2D eigenvalue weighted by Gasteiger charge is 1.86. The second-order valence-corrected chi connectivity index (χ2v) is 2.18. The van der Waals surface area contributed by atoms with Crippen molar-refractivity contribution in [2.24, 2.45) is 5.73 Å². The van der Waals surface area contributed by atoms with Crippen LogP contribution in [0, 0.1) is 0 Å². The van der Waals surface area contributed by atoms with Crippen LogP contribution < -0.4 is 10.8 Å². The van der Waals surface area contributed by atoms with E-state index < -0.39 is 0 Å². The summed E-state index contributed by atoms with van der Waals surface area (Å²) in [6, 6.07) is 6.75. The van der Waals surface area contributed by atoms with Crippen molar-refractivity contribution in [3.63, 3.8) is 0 Å². The van der Waals surface area contributed by atoms with Crippen LogP contribution >= 0.6 is 0 Å². The van der Waals surface area contributed by atoms with E-state index in [1.807, 2.05) is 12.1 Å². The molecule has 2 N–H and O–H groups in total. The topological polar surface area (TPSA) is 49.1 Å². The zero-order valence-electron chi connectivity index (χ0n) is 5.71. The highest BCUT2D eigenvalue weighted by Crippen LogP contribution is 2.06. The van der Waals surface area contributed by atoms with Gasteiger partial charge in [0.1, 0.15) is 0 Å². The lowest BCUT2D eigenvalue weighted by atomic mass is 10.1. The fourth-order valence-electron chi connectivity index (χ4n) is 0.823. The van der Waals surface area contributed by atoms with Gasteiger partial charge >= 0.3 is 0 Å². The molecule has 0 radical (unpaired) electrons. The molecule has 1 aromatic rings. The number of benzene rings is 1. The van der Waals surface area contributed by atoms with Gasteiger partial charge in [-0.2, -0.15) is 0 Å². The SMILES string of the molecule is NCCc1ccc([O-])cc1. The molecule has 0 aliphatic carbocycles. The van der Waals surface area contributed by atoms with Crippen molar-refractivity contribution in [1.29, 1.82) is 0 Å². The van der Waals surface area contributed by atoms with E-state index in [4.69, 9.17) is 5.73 Å². The van der Waals surface area contributed by atoms with Crippen LogP contribution in [0.1, 0.15) is 5.56 Å². The molecule has 0 saturated carbocycles. The maximum atomic E-state index is 10.6. The first-order valence-electron chi connectivity index (χ1n) is 3.29. The number of hydrogen-bond donors (Lipinski definition) is 1. The Morgan fingerprint density at radius 1 is 1.20 bits per heavy atom. The van der Waals surface area contributed by atoms with Crippen LogP contribution in [0.15, 0.2) is 24.3 Å². The van der Waals surface area contributed by atoms with Gasteiger partial charge in [0.25, 0.3) is 0 Å². The molecule has 0 atom stereocenters. The smallest absolute Gasteiger partial charge is 0.00367 e. The second kappa shape index (κ2) is 3.22. The van der Waals surface area contributed by atoms with E-state index in [-0.39, 0.29) is 5.75 Å². The first kappa shape index (κ1) is 7.09. The lowest BCUT2D eigenvalue weighted by Crippen LogP contribution is -2.02. The molecule has 0 spiro atoms. The van der Waals surface area contributed by atoms with Crippen molar-refractivity contribution >= 4 is 0 Å². The summed E-state index contributed by atoms with van der Waals surface area (Å²) in [5, 5.41) is 10.6. The van der Waals surface area contributed by atoms with Crippen molar-refractivity contribution in [3.8, 4) is 5.75 Å². The van der Waals surface area contributed by atoms with Gasteiger partial charge in [-0.05, 0) is 18.5 Å². The van der Waals surface area contributed by atoms with E-state index in [1.54, 1.807) is 12.1 Å². The Labute approximate surface area is 60.3 Å². The van der Waals surface area contributed by atoms with Crippen LogP contribution in [-0.4, -0.2) is 6.54 Å². The summed E-state index contributed by atoms with van der Waals surface area (Å²) in [6.07, 6.45) is 0.847. The van der Waals surface area contributed by atoms with Crippen molar-refractivity contribution in [3.05, 3.63) is 29.8 Å². The van der Waals surface area contributed by atoms with Crippen LogP contribution in [0.4, 0.5) is 0 Å². The first-order valence-corrected chi connectivity index (χ1v) is 3.29. The number of hydrogen-bond acceptors (Lipinski definition) is 2. The van der Waals surface area contributed by atoms with Gasteiger partial charge in [-0.1, -0.05) is 24.3 Å². The minimum absolute atomic E-state index is 0.0563. The Balaban J connectivity index is 2.69. The molecule has 0 fully saturated rings. The summed E-state index contributed by atoms with van der Waals surface area (Å²) in [4.78, 5) is 0. The minimum atomic E-state index is 0.0563. The zero-order chi connectivity index (χ0) is 7.40. The summed E-state index contributed by atoms with van der Waals surface area (Å²) < 4.78 is 0. The number of nitrogens with two attached hydrogens (primary N) is 1. The lowest BCUT2D eigenvalue weighted by molar-refractivity contribution is -0.268. The van der Waals surface area contributed by atoms with Crippen molar-refractivity contribution in [2.45, 2.75) is 6.42 Å². The largest absolute Gasteiger partial charge is 0.872 e. The maximum Gasteiger partial charge on any atom is -0.00367 e. The third-order valence-electron chi connectivity index (χ3n) is 1.36. The van der Waals surface area contributed by atoms with Gasteiger partial charge in [0.15, 0.2) is 0 Å². The van der Waals surface area contributed by atoms with Crippen molar-refractivity contribution < 1.29 is 5.11 Å². The first-order chi connectivity index (χ1) is 4.83. The molecule has 0 unspecified atom stereocenters. The molecule has 0 aliphatic rings. The van der Waals surface area contributed by atoms with Gasteiger partial charge in [0.2, 0.25) is 0 Å². The molecule has 0 heterocycles. The van der Waals surface area contributed by atoms with Crippen LogP contribution in [0.25, 0.3) is 0 Å². The average molecular weight is 136 g/mol. The van der Waals surface area contributed by atoms with E-state index in [1.165, 1.54) is 0 Å². The fraction of sp³-hybridized carbons (Fsp3) is 0.250. The summed E-state index contributed by atoms with van der Waals surface area (Å²) >= 11 is 0. The third kappa shape index (κ3) is 1.74. The van der Waals surface area contributed by atoms with Gasteiger partial charge in [0.05, 0.1) is 0 Å². The van der Waals surface area contributed by atoms with Gasteiger partial charge in [-0.3, -0.25) is 0 Å². The molecule has 1 rings (SSSR count). The van der Waals surface area contributed by atoms with Gasteiger partial charge in [-0.25, -0.2) is 0 Å². The normalized spacial score (nSPS) is 9.70. The summed E-state index contributed by atoms with van der Waals surface area (Å²) in [5.74, 6) is 0.0563. The predicted molar refractivity (Wildman–Crippen MR) is 38.6 cm³/mol. The fourth-order valence-corrected chi connectivity index (χ4v) is 0.823. The molecule has 54 valence electrons. The quantitative estimate of drug-likeness (QED) is 0.634. The van der Waals surface area contributed by atoms with E-state index in [2.05, 4.69) is 0 Å². The van der Waals surface area contributed by atoms with E-state index in [0.29, 0.717) is 6.54 Å². The monoisotopic (exact) mass is 136 g/mol. The zero-order valence-corrected chi connectivity index (χ0v) is 5.71. The molecule has 0 amide bonds. The Bertz CT molecular complexity index is 193. The molecular weight excluding hydrogens is 126 g/mol. The average Bonchev–Trinajstić information content (AvgIpc) is 1.95. The predicted octanol–water partition coefficient (Wildman–Crippen LogP) is 0.261. The molecular formula is C8H10NO-.